The molecule has 0 radical (unpaired) electrons. The Labute approximate surface area is 278 Å². The van der Waals surface area contributed by atoms with Gasteiger partial charge in [-0.25, -0.2) is 4.99 Å². The summed E-state index contributed by atoms with van der Waals surface area (Å²) in [6.45, 7) is 7.43. The number of halogens is 3. The molecule has 3 aromatic carbocycles. The van der Waals surface area contributed by atoms with Crippen molar-refractivity contribution < 1.29 is 9.53 Å². The van der Waals surface area contributed by atoms with Crippen LogP contribution in [0.3, 0.4) is 0 Å². The Morgan fingerprint density at radius 3 is 2.44 bits per heavy atom. The summed E-state index contributed by atoms with van der Waals surface area (Å²) in [5.74, 6) is 1.32. The Hall–Kier alpha value is -1.95. The molecule has 4 nitrogen and oxygen atoms in total. The minimum atomic E-state index is -0.125. The number of hydrogen-bond acceptors (Lipinski definition) is 4. The summed E-state index contributed by atoms with van der Waals surface area (Å²) < 4.78 is 8.20. The highest BCUT2D eigenvalue weighted by molar-refractivity contribution is 14.1. The standard InChI is InChI=1S/C33H31ClI2N2O2S/c1-33(2,3)22-9-14-25-28(17-22)41-32(29(25)31(39)38-24-12-10-23(34)11-13-24)37-18-21-15-26(35)30(27(36)16-21)40-19-20-7-5-4-6-8-20/h4-8,10-13,15-16,18,22H,9,14,17,19H2,1-3H3,(H,38,39)/t22-/m0/s1. The smallest absolute Gasteiger partial charge is 0.259 e. The van der Waals surface area contributed by atoms with Gasteiger partial charge in [0.1, 0.15) is 17.4 Å². The zero-order valence-corrected chi connectivity index (χ0v) is 29.0. The summed E-state index contributed by atoms with van der Waals surface area (Å²) in [6, 6.07) is 21.5. The highest BCUT2D eigenvalue weighted by Crippen LogP contribution is 2.45. The maximum absolute atomic E-state index is 13.7. The van der Waals surface area contributed by atoms with Crippen molar-refractivity contribution in [3.63, 3.8) is 0 Å². The second kappa shape index (κ2) is 13.1. The zero-order chi connectivity index (χ0) is 29.1. The number of hydrogen-bond donors (Lipinski definition) is 1. The van der Waals surface area contributed by atoms with E-state index in [1.54, 1.807) is 23.5 Å². The molecule has 0 spiro atoms. The number of ether oxygens (including phenoxy) is 1. The van der Waals surface area contributed by atoms with Gasteiger partial charge in [-0.15, -0.1) is 11.3 Å². The number of amides is 1. The Morgan fingerprint density at radius 2 is 1.78 bits per heavy atom. The van der Waals surface area contributed by atoms with Crippen molar-refractivity contribution in [2.24, 2.45) is 16.3 Å². The largest absolute Gasteiger partial charge is 0.487 e. The molecule has 1 N–H and O–H groups in total. The summed E-state index contributed by atoms with van der Waals surface area (Å²) >= 11 is 12.3. The van der Waals surface area contributed by atoms with Gasteiger partial charge in [-0.3, -0.25) is 4.79 Å². The van der Waals surface area contributed by atoms with Crippen LogP contribution >= 0.6 is 68.1 Å². The Balaban J connectivity index is 1.43. The van der Waals surface area contributed by atoms with Crippen molar-refractivity contribution in [3.8, 4) is 5.75 Å². The van der Waals surface area contributed by atoms with E-state index < -0.39 is 0 Å². The first kappa shape index (κ1) is 30.5. The lowest BCUT2D eigenvalue weighted by Gasteiger charge is -2.33. The lowest BCUT2D eigenvalue weighted by Crippen LogP contribution is -2.27. The van der Waals surface area contributed by atoms with E-state index in [-0.39, 0.29) is 11.3 Å². The molecule has 1 amide bonds. The predicted molar refractivity (Wildman–Crippen MR) is 189 cm³/mol. The molecular formula is C33H31ClI2N2O2S. The quantitative estimate of drug-likeness (QED) is 0.149. The highest BCUT2D eigenvalue weighted by atomic mass is 127. The van der Waals surface area contributed by atoms with Crippen LogP contribution in [0, 0.1) is 18.5 Å². The lowest BCUT2D eigenvalue weighted by molar-refractivity contribution is 0.102. The number of carbonyl (C=O) groups is 1. The molecule has 0 saturated heterocycles. The van der Waals surface area contributed by atoms with Crippen molar-refractivity contribution in [1.82, 2.24) is 0 Å². The fourth-order valence-corrected chi connectivity index (χ4v) is 8.54. The second-order valence-corrected chi connectivity index (χ2v) is 15.1. The normalized spacial score (nSPS) is 15.1. The summed E-state index contributed by atoms with van der Waals surface area (Å²) in [5.41, 5.74) is 4.86. The molecule has 1 aliphatic carbocycles. The summed E-state index contributed by atoms with van der Waals surface area (Å²) in [5, 5.41) is 4.46. The van der Waals surface area contributed by atoms with Gasteiger partial charge in [-0.2, -0.15) is 0 Å². The van der Waals surface area contributed by atoms with Gasteiger partial charge >= 0.3 is 0 Å². The van der Waals surface area contributed by atoms with E-state index in [1.165, 1.54) is 4.88 Å². The first-order valence-corrected chi connectivity index (χ1v) is 16.8. The topological polar surface area (TPSA) is 50.7 Å². The second-order valence-electron chi connectivity index (χ2n) is 11.3. The van der Waals surface area contributed by atoms with Crippen LogP contribution in [0.4, 0.5) is 10.7 Å². The molecule has 1 aromatic heterocycles. The van der Waals surface area contributed by atoms with Crippen molar-refractivity contribution in [3.05, 3.63) is 106 Å². The van der Waals surface area contributed by atoms with Gasteiger partial charge in [0, 0.05) is 21.8 Å². The van der Waals surface area contributed by atoms with Gasteiger partial charge < -0.3 is 10.1 Å². The lowest BCUT2D eigenvalue weighted by atomic mass is 9.72. The number of carbonyl (C=O) groups excluding carboxylic acids is 1. The predicted octanol–water partition coefficient (Wildman–Crippen LogP) is 10.3. The van der Waals surface area contributed by atoms with Gasteiger partial charge in [0.15, 0.2) is 0 Å². The fourth-order valence-electron chi connectivity index (χ4n) is 5.02. The summed E-state index contributed by atoms with van der Waals surface area (Å²) in [6.07, 6.45) is 4.79. The van der Waals surface area contributed by atoms with Crippen LogP contribution in [-0.2, 0) is 19.4 Å². The van der Waals surface area contributed by atoms with Crippen LogP contribution in [0.2, 0.25) is 5.02 Å². The van der Waals surface area contributed by atoms with Gasteiger partial charge in [0.05, 0.1) is 12.7 Å². The molecule has 5 rings (SSSR count). The maximum atomic E-state index is 13.7. The van der Waals surface area contributed by atoms with Crippen LogP contribution in [-0.4, -0.2) is 12.1 Å². The van der Waals surface area contributed by atoms with Crippen molar-refractivity contribution in [2.45, 2.75) is 46.6 Å². The van der Waals surface area contributed by atoms with Crippen molar-refractivity contribution >= 4 is 90.9 Å². The third kappa shape index (κ3) is 7.53. The minimum absolute atomic E-state index is 0.125. The van der Waals surface area contributed by atoms with Crippen LogP contribution in [0.25, 0.3) is 0 Å². The Bertz CT molecular complexity index is 1550. The highest BCUT2D eigenvalue weighted by Gasteiger charge is 2.33. The molecule has 212 valence electrons. The first-order valence-electron chi connectivity index (χ1n) is 13.5. The van der Waals surface area contributed by atoms with E-state index >= 15 is 0 Å². The maximum Gasteiger partial charge on any atom is 0.259 e. The van der Waals surface area contributed by atoms with Crippen LogP contribution in [0.1, 0.15) is 59.1 Å². The molecule has 0 saturated carbocycles. The van der Waals surface area contributed by atoms with Gasteiger partial charge in [-0.1, -0.05) is 62.7 Å². The molecular weight excluding hydrogens is 778 g/mol. The molecule has 1 heterocycles. The van der Waals surface area contributed by atoms with Crippen LogP contribution in [0.15, 0.2) is 71.7 Å². The number of anilines is 1. The van der Waals surface area contributed by atoms with Crippen LogP contribution < -0.4 is 10.1 Å². The van der Waals surface area contributed by atoms with E-state index in [0.717, 1.165) is 53.8 Å². The fraction of sp³-hybridized carbons (Fsp3) is 0.273. The molecule has 0 aliphatic heterocycles. The molecule has 0 unspecified atom stereocenters. The van der Waals surface area contributed by atoms with Crippen molar-refractivity contribution in [2.75, 3.05) is 5.32 Å². The number of benzene rings is 3. The minimum Gasteiger partial charge on any atom is -0.487 e. The molecule has 0 bridgehead atoms. The zero-order valence-electron chi connectivity index (χ0n) is 23.1. The molecule has 41 heavy (non-hydrogen) atoms. The third-order valence-corrected chi connectivity index (χ3v) is 10.4. The average Bonchev–Trinajstić information content (AvgIpc) is 3.31. The number of thiophene rings is 1. The van der Waals surface area contributed by atoms with E-state index in [2.05, 4.69) is 95.5 Å². The molecule has 4 aromatic rings. The third-order valence-electron chi connectivity index (χ3n) is 7.38. The molecule has 8 heteroatoms. The molecule has 1 atom stereocenters. The number of nitrogens with one attached hydrogen (secondary N) is 1. The SMILES string of the molecule is CC(C)(C)[C@H]1CCc2c(sc(N=Cc3cc(I)c(OCc4ccccc4)c(I)c3)c2C(=O)Nc2ccc(Cl)cc2)C1. The number of nitrogens with zero attached hydrogens (tertiary/aromatic N) is 1. The Kier molecular flexibility index (Phi) is 9.78. The average molecular weight is 809 g/mol. The van der Waals surface area contributed by atoms with E-state index in [9.17, 15) is 4.79 Å². The first-order chi connectivity index (χ1) is 19.6. The van der Waals surface area contributed by atoms with Gasteiger partial charge in [0.25, 0.3) is 5.91 Å². The monoisotopic (exact) mass is 808 g/mol. The molecule has 0 fully saturated rings. The van der Waals surface area contributed by atoms with E-state index in [1.807, 2.05) is 36.5 Å². The Morgan fingerprint density at radius 1 is 1.10 bits per heavy atom. The van der Waals surface area contributed by atoms with Crippen LogP contribution in [0.5, 0.6) is 5.75 Å². The number of rotatable bonds is 7. The summed E-state index contributed by atoms with van der Waals surface area (Å²) in [7, 11) is 0. The summed E-state index contributed by atoms with van der Waals surface area (Å²) in [4.78, 5) is 19.8. The van der Waals surface area contributed by atoms with E-state index in [4.69, 9.17) is 21.3 Å². The molecule has 1 aliphatic rings. The number of fused-ring (bicyclic) bond motifs is 1. The van der Waals surface area contributed by atoms with Gasteiger partial charge in [-0.05, 0) is 129 Å². The number of aliphatic imine (C=N–C) groups is 1. The van der Waals surface area contributed by atoms with Gasteiger partial charge in [0.2, 0.25) is 0 Å². The van der Waals surface area contributed by atoms with E-state index in [0.29, 0.717) is 28.8 Å². The van der Waals surface area contributed by atoms with Crippen molar-refractivity contribution in [1.29, 1.82) is 0 Å².